The minimum absolute atomic E-state index is 0.0709. The molecule has 2 N–H and O–H groups in total. The highest BCUT2D eigenvalue weighted by molar-refractivity contribution is 5.96. The Kier molecular flexibility index (Phi) is 5.67. The second-order valence-corrected chi connectivity index (χ2v) is 6.55. The van der Waals surface area contributed by atoms with Gasteiger partial charge in [-0.05, 0) is 37.1 Å². The number of nitrogens with zero attached hydrogens (tertiary/aromatic N) is 1. The molecular weight excluding hydrogens is 324 g/mol. The van der Waals surface area contributed by atoms with E-state index in [2.05, 4.69) is 15.0 Å². The lowest BCUT2D eigenvalue weighted by molar-refractivity contribution is -0.0566. The number of aliphatic hydroxyl groups is 1. The monoisotopic (exact) mass is 348 g/mol. The summed E-state index contributed by atoms with van der Waals surface area (Å²) in [7, 11) is 1.33. The number of ether oxygens (including phenoxy) is 2. The largest absolute Gasteiger partial charge is 0.465 e. The quantitative estimate of drug-likeness (QED) is 0.750. The second-order valence-electron chi connectivity index (χ2n) is 6.55. The molecule has 1 amide bonds. The molecule has 3 rings (SSSR count). The van der Waals surface area contributed by atoms with Crippen LogP contribution >= 0.6 is 0 Å². The maximum atomic E-state index is 12.4. The molecule has 7 heteroatoms. The molecule has 0 spiro atoms. The van der Waals surface area contributed by atoms with Crippen molar-refractivity contribution in [3.8, 4) is 0 Å². The summed E-state index contributed by atoms with van der Waals surface area (Å²) in [6, 6.07) is 6.84. The lowest BCUT2D eigenvalue weighted by atomic mass is 10.1. The molecule has 0 unspecified atom stereocenters. The van der Waals surface area contributed by atoms with Gasteiger partial charge in [-0.2, -0.15) is 0 Å². The molecule has 2 aliphatic heterocycles. The first-order valence-corrected chi connectivity index (χ1v) is 8.56. The highest BCUT2D eigenvalue weighted by Crippen LogP contribution is 2.24. The molecule has 2 aliphatic rings. The third kappa shape index (κ3) is 4.18. The number of fused-ring (bicyclic) bond motifs is 1. The van der Waals surface area contributed by atoms with Gasteiger partial charge in [0.05, 0.1) is 25.4 Å². The van der Waals surface area contributed by atoms with Gasteiger partial charge in [0, 0.05) is 37.3 Å². The van der Waals surface area contributed by atoms with Crippen LogP contribution in [-0.2, 0) is 9.47 Å². The van der Waals surface area contributed by atoms with Crippen LogP contribution in [-0.4, -0.2) is 73.5 Å². The Morgan fingerprint density at radius 2 is 2.00 bits per heavy atom. The highest BCUT2D eigenvalue weighted by Gasteiger charge is 2.37. The number of hydrogen-bond donors (Lipinski definition) is 2. The Bertz CT molecular complexity index is 618. The lowest BCUT2D eigenvalue weighted by Gasteiger charge is -2.34. The van der Waals surface area contributed by atoms with E-state index >= 15 is 0 Å². The predicted octanol–water partition coefficient (Wildman–Crippen LogP) is 0.427. The Morgan fingerprint density at radius 3 is 2.68 bits per heavy atom. The summed E-state index contributed by atoms with van der Waals surface area (Å²) in [6.45, 7) is 2.36. The molecule has 1 aromatic rings. The lowest BCUT2D eigenvalue weighted by Crippen LogP contribution is -2.46. The van der Waals surface area contributed by atoms with E-state index in [1.807, 2.05) is 0 Å². The molecule has 136 valence electrons. The van der Waals surface area contributed by atoms with Crippen molar-refractivity contribution in [2.24, 2.45) is 0 Å². The summed E-state index contributed by atoms with van der Waals surface area (Å²) in [4.78, 5) is 26.2. The topological polar surface area (TPSA) is 88.1 Å². The fraction of sp³-hybridized carbons (Fsp3) is 0.556. The number of carbonyl (C=O) groups excluding carboxylic acids is 2. The molecule has 25 heavy (non-hydrogen) atoms. The zero-order chi connectivity index (χ0) is 17.8. The van der Waals surface area contributed by atoms with Crippen molar-refractivity contribution in [3.05, 3.63) is 35.4 Å². The van der Waals surface area contributed by atoms with E-state index in [4.69, 9.17) is 9.84 Å². The van der Waals surface area contributed by atoms with Gasteiger partial charge in [0.1, 0.15) is 0 Å². The van der Waals surface area contributed by atoms with Gasteiger partial charge in [-0.25, -0.2) is 4.79 Å². The fourth-order valence-electron chi connectivity index (χ4n) is 3.51. The van der Waals surface area contributed by atoms with Crippen LogP contribution in [0.15, 0.2) is 24.3 Å². The molecule has 3 atom stereocenters. The van der Waals surface area contributed by atoms with Crippen LogP contribution in [0.3, 0.4) is 0 Å². The molecule has 0 aromatic heterocycles. The van der Waals surface area contributed by atoms with Crippen LogP contribution in [0.1, 0.15) is 33.6 Å². The van der Waals surface area contributed by atoms with E-state index in [1.54, 1.807) is 24.3 Å². The zero-order valence-electron chi connectivity index (χ0n) is 14.3. The van der Waals surface area contributed by atoms with E-state index in [0.717, 1.165) is 19.5 Å². The zero-order valence-corrected chi connectivity index (χ0v) is 14.3. The minimum Gasteiger partial charge on any atom is -0.465 e. The van der Waals surface area contributed by atoms with Gasteiger partial charge in [-0.15, -0.1) is 0 Å². The van der Waals surface area contributed by atoms with Gasteiger partial charge in [-0.1, -0.05) is 0 Å². The number of carbonyl (C=O) groups is 2. The van der Waals surface area contributed by atoms with E-state index in [-0.39, 0.29) is 24.7 Å². The molecule has 7 nitrogen and oxygen atoms in total. The highest BCUT2D eigenvalue weighted by atomic mass is 16.5. The smallest absolute Gasteiger partial charge is 0.337 e. The Balaban J connectivity index is 1.54. The van der Waals surface area contributed by atoms with Crippen molar-refractivity contribution < 1.29 is 24.2 Å². The first kappa shape index (κ1) is 17.8. The van der Waals surface area contributed by atoms with E-state index in [9.17, 15) is 9.59 Å². The molecule has 0 saturated carbocycles. The summed E-state index contributed by atoms with van der Waals surface area (Å²) in [5, 5.41) is 12.1. The van der Waals surface area contributed by atoms with Gasteiger partial charge < -0.3 is 19.9 Å². The average Bonchev–Trinajstić information content (AvgIpc) is 3.03. The molecule has 2 saturated heterocycles. The van der Waals surface area contributed by atoms with Gasteiger partial charge in [0.15, 0.2) is 0 Å². The SMILES string of the molecule is COC(=O)c1ccc(C(=O)N[C@@H]2C[C@H]3CO[C@@H](CCO)CN3C2)cc1. The van der Waals surface area contributed by atoms with Crippen molar-refractivity contribution >= 4 is 11.9 Å². The van der Waals surface area contributed by atoms with E-state index in [1.165, 1.54) is 7.11 Å². The molecule has 0 radical (unpaired) electrons. The molecule has 1 aromatic carbocycles. The number of aliphatic hydroxyl groups excluding tert-OH is 1. The standard InChI is InChI=1S/C18H24N2O5/c1-24-18(23)13-4-2-12(3-5-13)17(22)19-14-8-15-11-25-16(6-7-21)10-20(15)9-14/h2-5,14-16,21H,6-11H2,1H3,(H,19,22)/t14-,15+,16+/m1/s1. The summed E-state index contributed by atoms with van der Waals surface area (Å²) in [5.41, 5.74) is 0.941. The normalized spacial score (nSPS) is 26.1. The van der Waals surface area contributed by atoms with Gasteiger partial charge in [0.2, 0.25) is 0 Å². The number of esters is 1. The molecular formula is C18H24N2O5. The van der Waals surface area contributed by atoms with Crippen molar-refractivity contribution in [2.75, 3.05) is 33.4 Å². The number of nitrogens with one attached hydrogen (secondary N) is 1. The van der Waals surface area contributed by atoms with Crippen LogP contribution in [0.25, 0.3) is 0 Å². The van der Waals surface area contributed by atoms with Gasteiger partial charge in [0.25, 0.3) is 5.91 Å². The number of methoxy groups -OCH3 is 1. The Morgan fingerprint density at radius 1 is 1.28 bits per heavy atom. The summed E-state index contributed by atoms with van der Waals surface area (Å²) >= 11 is 0. The maximum Gasteiger partial charge on any atom is 0.337 e. The van der Waals surface area contributed by atoms with Gasteiger partial charge >= 0.3 is 5.97 Å². The fourth-order valence-corrected chi connectivity index (χ4v) is 3.51. The van der Waals surface area contributed by atoms with Crippen molar-refractivity contribution in [1.29, 1.82) is 0 Å². The summed E-state index contributed by atoms with van der Waals surface area (Å²) in [6.07, 6.45) is 1.58. The third-order valence-corrected chi connectivity index (χ3v) is 4.84. The molecule has 2 heterocycles. The van der Waals surface area contributed by atoms with Crippen molar-refractivity contribution in [1.82, 2.24) is 10.2 Å². The van der Waals surface area contributed by atoms with E-state index in [0.29, 0.717) is 30.2 Å². The molecule has 0 bridgehead atoms. The van der Waals surface area contributed by atoms with Gasteiger partial charge in [-0.3, -0.25) is 9.69 Å². The molecule has 2 fully saturated rings. The first-order chi connectivity index (χ1) is 12.1. The second kappa shape index (κ2) is 7.95. The van der Waals surface area contributed by atoms with Crippen LogP contribution in [0, 0.1) is 0 Å². The van der Waals surface area contributed by atoms with Crippen LogP contribution in [0.4, 0.5) is 0 Å². The number of rotatable bonds is 5. The summed E-state index contributed by atoms with van der Waals surface area (Å²) in [5.74, 6) is -0.564. The number of benzene rings is 1. The third-order valence-electron chi connectivity index (χ3n) is 4.84. The number of amides is 1. The summed E-state index contributed by atoms with van der Waals surface area (Å²) < 4.78 is 10.4. The predicted molar refractivity (Wildman–Crippen MR) is 90.5 cm³/mol. The van der Waals surface area contributed by atoms with E-state index < -0.39 is 5.97 Å². The van der Waals surface area contributed by atoms with Crippen molar-refractivity contribution in [2.45, 2.75) is 31.0 Å². The number of morpholine rings is 1. The minimum atomic E-state index is -0.419. The van der Waals surface area contributed by atoms with Crippen LogP contribution in [0.2, 0.25) is 0 Å². The Hall–Kier alpha value is -1.96. The average molecular weight is 348 g/mol. The Labute approximate surface area is 146 Å². The number of hydrogen-bond acceptors (Lipinski definition) is 6. The van der Waals surface area contributed by atoms with Crippen LogP contribution < -0.4 is 5.32 Å². The molecule has 0 aliphatic carbocycles. The maximum absolute atomic E-state index is 12.4. The van der Waals surface area contributed by atoms with Crippen LogP contribution in [0.5, 0.6) is 0 Å². The van der Waals surface area contributed by atoms with Crippen molar-refractivity contribution in [3.63, 3.8) is 0 Å². The first-order valence-electron chi connectivity index (χ1n) is 8.56.